The third-order valence-corrected chi connectivity index (χ3v) is 8.38. The monoisotopic (exact) mass is 578 g/mol. The van der Waals surface area contributed by atoms with Gasteiger partial charge in [-0.3, -0.25) is 9.69 Å². The standard InChI is InChI=1S/C33H38N8O2/c1-35-30-10-6-5-7-27(30)22-39-17-18-41(33(43)38-28-8-3-2-4-9-28)31(23-39)32(42)37-16-15-29-20-36-24-40(29)21-26-13-11-25(19-34)12-14-26/h5-7,10-14,20,24,28,31H,2-4,8-9,15-18,21-23H2,(H,37,42)(H,38,43)/t31-/m1/s1. The molecule has 3 amide bonds. The number of nitriles is 1. The molecule has 1 aliphatic carbocycles. The van der Waals surface area contributed by atoms with Gasteiger partial charge in [0, 0.05) is 63.6 Å². The number of carbonyl (C=O) groups excluding carboxylic acids is 2. The van der Waals surface area contributed by atoms with Gasteiger partial charge in [-0.15, -0.1) is 0 Å². The number of hydrogen-bond acceptors (Lipinski definition) is 5. The van der Waals surface area contributed by atoms with E-state index in [4.69, 9.17) is 11.8 Å². The Kier molecular flexibility index (Phi) is 10.0. The first kappa shape index (κ1) is 29.8. The molecule has 2 aliphatic rings. The number of imidazole rings is 1. The van der Waals surface area contributed by atoms with E-state index in [2.05, 4.69) is 31.4 Å². The van der Waals surface area contributed by atoms with Crippen LogP contribution in [-0.2, 0) is 24.3 Å². The fourth-order valence-corrected chi connectivity index (χ4v) is 5.96. The predicted octanol–water partition coefficient (Wildman–Crippen LogP) is 4.24. The van der Waals surface area contributed by atoms with Crippen LogP contribution in [0.5, 0.6) is 0 Å². The average Bonchev–Trinajstić information content (AvgIpc) is 3.48. The second kappa shape index (κ2) is 14.5. The summed E-state index contributed by atoms with van der Waals surface area (Å²) in [6.07, 6.45) is 9.55. The number of benzene rings is 2. The summed E-state index contributed by atoms with van der Waals surface area (Å²) in [6, 6.07) is 16.5. The fourth-order valence-electron chi connectivity index (χ4n) is 5.96. The van der Waals surface area contributed by atoms with E-state index in [1.165, 1.54) is 6.42 Å². The molecule has 1 aliphatic heterocycles. The molecule has 5 rings (SSSR count). The number of urea groups is 1. The fraction of sp³-hybridized carbons (Fsp3) is 0.424. The molecule has 2 fully saturated rings. The third-order valence-electron chi connectivity index (χ3n) is 8.38. The van der Waals surface area contributed by atoms with E-state index in [9.17, 15) is 9.59 Å². The van der Waals surface area contributed by atoms with Crippen molar-refractivity contribution in [1.82, 2.24) is 30.0 Å². The smallest absolute Gasteiger partial charge is 0.318 e. The van der Waals surface area contributed by atoms with Crippen molar-refractivity contribution in [2.24, 2.45) is 0 Å². The van der Waals surface area contributed by atoms with Crippen LogP contribution < -0.4 is 10.6 Å². The van der Waals surface area contributed by atoms with Gasteiger partial charge in [-0.1, -0.05) is 55.7 Å². The molecule has 2 aromatic carbocycles. The molecule has 43 heavy (non-hydrogen) atoms. The summed E-state index contributed by atoms with van der Waals surface area (Å²) in [5, 5.41) is 15.3. The minimum atomic E-state index is -0.638. The lowest BCUT2D eigenvalue weighted by atomic mass is 9.95. The highest BCUT2D eigenvalue weighted by Gasteiger charge is 2.36. The van der Waals surface area contributed by atoms with Crippen molar-refractivity contribution in [2.75, 3.05) is 26.2 Å². The van der Waals surface area contributed by atoms with Gasteiger partial charge in [0.15, 0.2) is 5.69 Å². The van der Waals surface area contributed by atoms with Crippen molar-refractivity contribution in [2.45, 2.75) is 63.7 Å². The second-order valence-electron chi connectivity index (χ2n) is 11.3. The van der Waals surface area contributed by atoms with Gasteiger partial charge in [0.1, 0.15) is 6.04 Å². The van der Waals surface area contributed by atoms with Crippen molar-refractivity contribution in [3.8, 4) is 6.07 Å². The highest BCUT2D eigenvalue weighted by atomic mass is 16.2. The lowest BCUT2D eigenvalue weighted by Gasteiger charge is -2.41. The molecule has 0 spiro atoms. The molecule has 3 aromatic rings. The number of amides is 3. The zero-order valence-electron chi connectivity index (χ0n) is 24.4. The normalized spacial score (nSPS) is 17.5. The number of nitrogens with one attached hydrogen (secondary N) is 2. The van der Waals surface area contributed by atoms with Gasteiger partial charge in [-0.2, -0.15) is 5.26 Å². The lowest BCUT2D eigenvalue weighted by molar-refractivity contribution is -0.127. The summed E-state index contributed by atoms with van der Waals surface area (Å²) in [5.41, 5.74) is 4.20. The summed E-state index contributed by atoms with van der Waals surface area (Å²) in [4.78, 5) is 38.9. The Morgan fingerprint density at radius 2 is 1.84 bits per heavy atom. The van der Waals surface area contributed by atoms with Gasteiger partial charge in [0.2, 0.25) is 5.91 Å². The molecule has 2 N–H and O–H groups in total. The number of hydrogen-bond donors (Lipinski definition) is 2. The Labute approximate surface area is 253 Å². The third kappa shape index (κ3) is 7.79. The summed E-state index contributed by atoms with van der Waals surface area (Å²) in [5.74, 6) is -0.180. The highest BCUT2D eigenvalue weighted by molar-refractivity contribution is 5.87. The molecule has 222 valence electrons. The van der Waals surface area contributed by atoms with E-state index in [1.807, 2.05) is 41.0 Å². The van der Waals surface area contributed by atoms with Gasteiger partial charge in [-0.05, 0) is 36.1 Å². The van der Waals surface area contributed by atoms with Crippen LogP contribution in [0, 0.1) is 17.9 Å². The van der Waals surface area contributed by atoms with Crippen molar-refractivity contribution >= 4 is 17.6 Å². The van der Waals surface area contributed by atoms with Crippen LogP contribution in [0.2, 0.25) is 0 Å². The molecule has 2 heterocycles. The molecule has 10 heteroatoms. The zero-order valence-corrected chi connectivity index (χ0v) is 24.4. The Bertz CT molecular complexity index is 1480. The first-order chi connectivity index (χ1) is 21.0. The topological polar surface area (TPSA) is 111 Å². The second-order valence-corrected chi connectivity index (χ2v) is 11.3. The molecular weight excluding hydrogens is 540 g/mol. The van der Waals surface area contributed by atoms with Crippen LogP contribution in [0.4, 0.5) is 10.5 Å². The predicted molar refractivity (Wildman–Crippen MR) is 163 cm³/mol. The molecular formula is C33H38N8O2. The number of nitrogens with zero attached hydrogens (tertiary/aromatic N) is 6. The molecule has 0 unspecified atom stereocenters. The summed E-state index contributed by atoms with van der Waals surface area (Å²) in [7, 11) is 0. The Hall–Kier alpha value is -4.67. The number of piperazine rings is 1. The number of rotatable bonds is 9. The van der Waals surface area contributed by atoms with Crippen molar-refractivity contribution < 1.29 is 9.59 Å². The van der Waals surface area contributed by atoms with Gasteiger partial charge in [0.05, 0.1) is 24.5 Å². The van der Waals surface area contributed by atoms with Crippen molar-refractivity contribution in [3.63, 3.8) is 0 Å². The maximum absolute atomic E-state index is 13.6. The summed E-state index contributed by atoms with van der Waals surface area (Å²) >= 11 is 0. The van der Waals surface area contributed by atoms with Gasteiger partial charge in [0.25, 0.3) is 0 Å². The molecule has 1 saturated heterocycles. The van der Waals surface area contributed by atoms with Crippen LogP contribution in [0.25, 0.3) is 4.85 Å². The molecule has 10 nitrogen and oxygen atoms in total. The van der Waals surface area contributed by atoms with Gasteiger partial charge >= 0.3 is 6.03 Å². The van der Waals surface area contributed by atoms with Gasteiger partial charge in [-0.25, -0.2) is 14.6 Å². The molecule has 1 aromatic heterocycles. The van der Waals surface area contributed by atoms with E-state index >= 15 is 0 Å². The number of para-hydroxylation sites is 1. The Morgan fingerprint density at radius 3 is 2.60 bits per heavy atom. The minimum Gasteiger partial charge on any atom is -0.354 e. The average molecular weight is 579 g/mol. The van der Waals surface area contributed by atoms with Gasteiger partial charge < -0.3 is 20.1 Å². The maximum atomic E-state index is 13.6. The Balaban J connectivity index is 1.23. The van der Waals surface area contributed by atoms with Crippen LogP contribution in [0.1, 0.15) is 54.5 Å². The minimum absolute atomic E-state index is 0.157. The number of carbonyl (C=O) groups is 2. The molecule has 0 radical (unpaired) electrons. The van der Waals surface area contributed by atoms with Crippen molar-refractivity contribution in [1.29, 1.82) is 5.26 Å². The molecule has 1 saturated carbocycles. The molecule has 1 atom stereocenters. The van der Waals surface area contributed by atoms with E-state index in [-0.39, 0.29) is 18.0 Å². The first-order valence-electron chi connectivity index (χ1n) is 15.0. The molecule has 0 bridgehead atoms. The van der Waals surface area contributed by atoms with E-state index in [0.717, 1.165) is 42.5 Å². The van der Waals surface area contributed by atoms with E-state index in [0.29, 0.717) is 56.9 Å². The summed E-state index contributed by atoms with van der Waals surface area (Å²) in [6.45, 7) is 10.6. The zero-order chi connectivity index (χ0) is 30.0. The summed E-state index contributed by atoms with van der Waals surface area (Å²) < 4.78 is 2.04. The SMILES string of the molecule is [C-]#[N+]c1ccccc1CN1CCN(C(=O)NC2CCCCC2)[C@@H](C(=O)NCCc2cncn2Cc2ccc(C#N)cc2)C1. The van der Waals surface area contributed by atoms with Crippen LogP contribution >= 0.6 is 0 Å². The van der Waals surface area contributed by atoms with E-state index < -0.39 is 6.04 Å². The van der Waals surface area contributed by atoms with Crippen LogP contribution in [0.15, 0.2) is 61.1 Å². The van der Waals surface area contributed by atoms with Crippen LogP contribution in [-0.4, -0.2) is 69.6 Å². The van der Waals surface area contributed by atoms with Crippen LogP contribution in [0.3, 0.4) is 0 Å². The first-order valence-corrected chi connectivity index (χ1v) is 15.0. The maximum Gasteiger partial charge on any atom is 0.318 e. The quantitative estimate of drug-likeness (QED) is 0.369. The lowest BCUT2D eigenvalue weighted by Crippen LogP contribution is -2.63. The highest BCUT2D eigenvalue weighted by Crippen LogP contribution is 2.23. The number of aromatic nitrogens is 2. The Morgan fingerprint density at radius 1 is 1.05 bits per heavy atom. The van der Waals surface area contributed by atoms with E-state index in [1.54, 1.807) is 29.6 Å². The largest absolute Gasteiger partial charge is 0.354 e. The van der Waals surface area contributed by atoms with Crippen molar-refractivity contribution in [3.05, 3.63) is 94.9 Å².